The second kappa shape index (κ2) is 87.5. The highest BCUT2D eigenvalue weighted by Gasteiger charge is 2.29. The summed E-state index contributed by atoms with van der Waals surface area (Å²) in [5, 5.41) is 20.7. The van der Waals surface area contributed by atoms with E-state index in [1.165, 1.54) is 238 Å². The van der Waals surface area contributed by atoms with Gasteiger partial charge in [0, 0.05) is 19.3 Å². The van der Waals surface area contributed by atoms with Crippen LogP contribution in [0.5, 0.6) is 0 Å². The number of unbranched alkanes of at least 4 members (excludes halogenated alkanes) is 47. The molecule has 0 aromatic carbocycles. The van der Waals surface area contributed by atoms with Gasteiger partial charge in [-0.2, -0.15) is 0 Å². The topological polar surface area (TPSA) is 231 Å². The predicted molar refractivity (Wildman–Crippen MR) is 473 cm³/mol. The fraction of sp³-hybridized carbons (Fsp3) is 0.779. The maximum absolute atomic E-state index is 13.0. The number of aliphatic hydroxyl groups is 2. The molecule has 0 saturated heterocycles. The molecule has 0 aliphatic rings. The van der Waals surface area contributed by atoms with Crippen LogP contribution >= 0.6 is 15.6 Å². The number of esters is 3. The average Bonchev–Trinajstić information content (AvgIpc) is 0.903. The lowest BCUT2D eigenvalue weighted by atomic mass is 10.0. The Morgan fingerprint density at radius 3 is 0.761 bits per heavy atom. The number of hydrogen-bond acceptors (Lipinski definition) is 14. The summed E-state index contributed by atoms with van der Waals surface area (Å²) in [5.41, 5.74) is 0. The van der Waals surface area contributed by atoms with Gasteiger partial charge in [-0.15, -0.1) is 0 Å². The van der Waals surface area contributed by atoms with Crippen LogP contribution in [0, 0.1) is 0 Å². The Kier molecular flexibility index (Phi) is 84.6. The van der Waals surface area contributed by atoms with Crippen molar-refractivity contribution in [1.29, 1.82) is 0 Å². The Morgan fingerprint density at radius 1 is 0.257 bits per heavy atom. The summed E-state index contributed by atoms with van der Waals surface area (Å²) < 4.78 is 61.4. The number of hydrogen-bond donors (Lipinski definition) is 4. The molecule has 4 N–H and O–H groups in total. The number of rotatable bonds is 88. The Labute approximate surface area is 691 Å². The van der Waals surface area contributed by atoms with Gasteiger partial charge in [0.05, 0.1) is 26.4 Å². The first kappa shape index (κ1) is 109. The lowest BCUT2D eigenvalue weighted by Gasteiger charge is -2.21. The molecule has 0 spiro atoms. The maximum Gasteiger partial charge on any atom is 0.472 e. The molecule has 16 nitrogen and oxygen atoms in total. The third-order valence-corrected chi connectivity index (χ3v) is 21.9. The van der Waals surface area contributed by atoms with E-state index in [1.54, 1.807) is 0 Å². The molecular weight excluding hydrogens is 1460 g/mol. The van der Waals surface area contributed by atoms with Gasteiger partial charge < -0.3 is 34.2 Å². The zero-order chi connectivity index (χ0) is 82.2. The van der Waals surface area contributed by atoms with Crippen molar-refractivity contribution in [3.05, 3.63) is 109 Å². The van der Waals surface area contributed by atoms with Crippen molar-refractivity contribution in [3.63, 3.8) is 0 Å². The van der Waals surface area contributed by atoms with Gasteiger partial charge in [0.25, 0.3) is 0 Å². The van der Waals surface area contributed by atoms with Gasteiger partial charge in [0.2, 0.25) is 0 Å². The van der Waals surface area contributed by atoms with Crippen LogP contribution in [0.2, 0.25) is 0 Å². The summed E-state index contributed by atoms with van der Waals surface area (Å²) >= 11 is 0. The molecular formula is C95H170O16P2. The molecule has 0 amide bonds. The van der Waals surface area contributed by atoms with Gasteiger partial charge in [-0.25, -0.2) is 9.13 Å². The van der Waals surface area contributed by atoms with Crippen molar-refractivity contribution in [2.75, 3.05) is 39.6 Å². The van der Waals surface area contributed by atoms with E-state index in [4.69, 9.17) is 32.3 Å². The Bertz CT molecular complexity index is 2490. The van der Waals surface area contributed by atoms with E-state index in [1.807, 2.05) is 0 Å². The first-order chi connectivity index (χ1) is 55.2. The molecule has 0 saturated carbocycles. The minimum Gasteiger partial charge on any atom is -0.463 e. The monoisotopic (exact) mass is 1630 g/mol. The first-order valence-corrected chi connectivity index (χ1v) is 49.2. The third-order valence-electron chi connectivity index (χ3n) is 20.0. The highest BCUT2D eigenvalue weighted by molar-refractivity contribution is 7.47. The summed E-state index contributed by atoms with van der Waals surface area (Å²) in [7, 11) is -9.79. The van der Waals surface area contributed by atoms with E-state index in [-0.39, 0.29) is 19.3 Å². The fourth-order valence-corrected chi connectivity index (χ4v) is 14.6. The minimum absolute atomic E-state index is 0.110. The number of allylic oxidation sites excluding steroid dienone is 18. The molecule has 18 heteroatoms. The largest absolute Gasteiger partial charge is 0.472 e. The number of carbonyl (C=O) groups excluding carboxylic acids is 3. The van der Waals surface area contributed by atoms with E-state index in [2.05, 4.69) is 130 Å². The van der Waals surface area contributed by atoms with Gasteiger partial charge in [0.1, 0.15) is 25.4 Å². The van der Waals surface area contributed by atoms with Crippen molar-refractivity contribution >= 4 is 33.6 Å². The lowest BCUT2D eigenvalue weighted by molar-refractivity contribution is -0.161. The predicted octanol–water partition coefficient (Wildman–Crippen LogP) is 28.2. The van der Waals surface area contributed by atoms with Crippen LogP contribution in [-0.4, -0.2) is 95.9 Å². The number of carbonyl (C=O) groups is 3. The van der Waals surface area contributed by atoms with E-state index >= 15 is 0 Å². The second-order valence-electron chi connectivity index (χ2n) is 31.1. The van der Waals surface area contributed by atoms with Gasteiger partial charge in [0.15, 0.2) is 6.10 Å². The summed E-state index contributed by atoms with van der Waals surface area (Å²) in [4.78, 5) is 58.9. The van der Waals surface area contributed by atoms with Crippen molar-refractivity contribution in [3.8, 4) is 0 Å². The van der Waals surface area contributed by atoms with Crippen molar-refractivity contribution in [1.82, 2.24) is 0 Å². The molecule has 0 aliphatic carbocycles. The van der Waals surface area contributed by atoms with Crippen molar-refractivity contribution in [2.24, 2.45) is 0 Å². The Hall–Kier alpha value is -3.79. The van der Waals surface area contributed by atoms with Crippen LogP contribution in [0.3, 0.4) is 0 Å². The molecule has 0 bridgehead atoms. The molecule has 0 aliphatic heterocycles. The van der Waals surface area contributed by atoms with Gasteiger partial charge in [-0.05, 0) is 109 Å². The SMILES string of the molecule is CC/C=C\C/C=C\C/C=C\C/C=C\C/C=C\CCCCCCCCCCCCCCCCCCCC(=O)OCC(O)COP(=O)(O)OCC(O)COP(=O)(O)OCC(COC(=O)CCCCCCCCCCCCCCC/C=C\C/C=C\C/C=C\C/C=C\CCCCC)OC(=O)CCCCCCCCCCCCCCCCC. The highest BCUT2D eigenvalue weighted by Crippen LogP contribution is 2.45. The van der Waals surface area contributed by atoms with Gasteiger partial charge >= 0.3 is 33.6 Å². The molecule has 113 heavy (non-hydrogen) atoms. The molecule has 0 aromatic heterocycles. The van der Waals surface area contributed by atoms with E-state index < -0.39 is 91.5 Å². The zero-order valence-electron chi connectivity index (χ0n) is 72.3. The third kappa shape index (κ3) is 88.9. The molecule has 0 rings (SSSR count). The number of phosphoric ester groups is 2. The summed E-state index contributed by atoms with van der Waals surface area (Å²) in [6.45, 7) is 2.62. The van der Waals surface area contributed by atoms with Crippen molar-refractivity contribution < 1.29 is 75.8 Å². The molecule has 0 heterocycles. The van der Waals surface area contributed by atoms with Crippen LogP contribution in [0.15, 0.2) is 109 Å². The standard InChI is InChI=1S/C95H170O16P2/c1-4-7-10-13-16-19-22-25-28-30-32-34-36-38-40-42-43-44-45-47-49-50-52-54-56-58-61-63-66-69-72-75-78-81-93(98)105-84-90(96)85-107-112(101,102)108-86-91(97)87-109-113(103,104)110-89-92(111-95(100)83-80-77-74-71-68-65-60-27-24-21-18-15-12-9-6-3)88-106-94(99)82-79-76-73-70-67-64-62-59-57-55-53-51-48-46-41-39-37-35-33-31-29-26-23-20-17-14-11-8-5-2/h7,10,16-17,19-20,25-26,28-29,32-35,38-41,90-92,96-97H,4-6,8-9,11-15,18,21-24,27,30-31,36-37,42-89H2,1-3H3,(H,101,102)(H,103,104)/b10-7-,19-16-,20-17-,28-25-,29-26-,34-32-,35-33-,40-38-,41-39-. The molecule has 656 valence electrons. The molecule has 5 unspecified atom stereocenters. The van der Waals surface area contributed by atoms with Crippen LogP contribution in [-0.2, 0) is 55.8 Å². The molecule has 5 atom stereocenters. The van der Waals surface area contributed by atoms with Gasteiger partial charge in [-0.1, -0.05) is 400 Å². The summed E-state index contributed by atoms with van der Waals surface area (Å²) in [5.74, 6) is -1.55. The van der Waals surface area contributed by atoms with Gasteiger partial charge in [-0.3, -0.25) is 32.5 Å². The summed E-state index contributed by atoms with van der Waals surface area (Å²) in [6, 6.07) is 0. The number of ether oxygens (including phenoxy) is 3. The fourth-order valence-electron chi connectivity index (χ4n) is 13.0. The van der Waals surface area contributed by atoms with Crippen LogP contribution < -0.4 is 0 Å². The second-order valence-corrected chi connectivity index (χ2v) is 34.0. The smallest absolute Gasteiger partial charge is 0.463 e. The first-order valence-electron chi connectivity index (χ1n) is 46.2. The van der Waals surface area contributed by atoms with E-state index in [0.29, 0.717) is 19.3 Å². The van der Waals surface area contributed by atoms with E-state index in [9.17, 15) is 43.5 Å². The minimum atomic E-state index is -4.93. The number of phosphoric acid groups is 2. The highest BCUT2D eigenvalue weighted by atomic mass is 31.2. The molecule has 0 radical (unpaired) electrons. The molecule has 0 fully saturated rings. The zero-order valence-corrected chi connectivity index (χ0v) is 74.1. The summed E-state index contributed by atoms with van der Waals surface area (Å²) in [6.07, 6.45) is 106. The van der Waals surface area contributed by atoms with Crippen LogP contribution in [0.1, 0.15) is 419 Å². The van der Waals surface area contributed by atoms with E-state index in [0.717, 1.165) is 122 Å². The average molecular weight is 1630 g/mol. The Balaban J connectivity index is 4.43. The normalized spacial score (nSPS) is 14.3. The number of aliphatic hydroxyl groups excluding tert-OH is 2. The molecule has 0 aromatic rings. The van der Waals surface area contributed by atoms with Crippen molar-refractivity contribution in [2.45, 2.75) is 437 Å². The maximum atomic E-state index is 13.0. The quantitative estimate of drug-likeness (QED) is 0.0146. The van der Waals surface area contributed by atoms with Crippen LogP contribution in [0.4, 0.5) is 0 Å². The van der Waals surface area contributed by atoms with Crippen LogP contribution in [0.25, 0.3) is 0 Å². The lowest BCUT2D eigenvalue weighted by Crippen LogP contribution is -2.30. The Morgan fingerprint density at radius 2 is 0.469 bits per heavy atom.